The maximum atomic E-state index is 13.8. The van der Waals surface area contributed by atoms with Gasteiger partial charge in [0.2, 0.25) is 0 Å². The molecule has 0 radical (unpaired) electrons. The third kappa shape index (κ3) is 2.88. The molecular formula is C20H29ClO2Si2. The van der Waals surface area contributed by atoms with E-state index in [-0.39, 0.29) is 11.5 Å². The van der Waals surface area contributed by atoms with Gasteiger partial charge in [0.25, 0.3) is 0 Å². The highest BCUT2D eigenvalue weighted by Crippen LogP contribution is 2.60. The van der Waals surface area contributed by atoms with Gasteiger partial charge in [-0.1, -0.05) is 68.6 Å². The van der Waals surface area contributed by atoms with Crippen LogP contribution >= 0.6 is 11.6 Å². The average Bonchev–Trinajstić information content (AvgIpc) is 2.65. The van der Waals surface area contributed by atoms with Gasteiger partial charge in [0.1, 0.15) is 5.76 Å². The summed E-state index contributed by atoms with van der Waals surface area (Å²) in [7, 11) is -3.79. The van der Waals surface area contributed by atoms with E-state index in [0.717, 1.165) is 5.57 Å². The Morgan fingerprint density at radius 2 is 1.56 bits per heavy atom. The van der Waals surface area contributed by atoms with E-state index < -0.39 is 20.8 Å². The number of aliphatic hydroxyl groups excluding tert-OH is 1. The van der Waals surface area contributed by atoms with Crippen LogP contribution in [0, 0.1) is 0 Å². The van der Waals surface area contributed by atoms with Crippen molar-refractivity contribution in [2.24, 2.45) is 0 Å². The summed E-state index contributed by atoms with van der Waals surface area (Å²) in [5.74, 6) is 0.182. The van der Waals surface area contributed by atoms with E-state index >= 15 is 0 Å². The molecule has 0 aromatic heterocycles. The summed E-state index contributed by atoms with van der Waals surface area (Å²) in [5, 5.41) is 11.5. The fourth-order valence-electron chi connectivity index (χ4n) is 4.99. The Balaban J connectivity index is 2.83. The number of benzene rings is 1. The molecule has 0 saturated heterocycles. The Labute approximate surface area is 158 Å². The maximum Gasteiger partial charge on any atom is 0.171 e. The van der Waals surface area contributed by atoms with Crippen molar-refractivity contribution < 1.29 is 9.90 Å². The van der Waals surface area contributed by atoms with Gasteiger partial charge < -0.3 is 5.11 Å². The predicted octanol–water partition coefficient (Wildman–Crippen LogP) is 6.48. The van der Waals surface area contributed by atoms with Crippen molar-refractivity contribution >= 4 is 39.3 Å². The second kappa shape index (κ2) is 6.25. The van der Waals surface area contributed by atoms with Crippen LogP contribution in [0.2, 0.25) is 49.0 Å². The van der Waals surface area contributed by atoms with Crippen LogP contribution in [0.15, 0.2) is 41.0 Å². The van der Waals surface area contributed by atoms with Crippen molar-refractivity contribution in [3.05, 3.63) is 51.6 Å². The molecule has 1 N–H and O–H groups in total. The van der Waals surface area contributed by atoms with Crippen LogP contribution in [0.1, 0.15) is 19.4 Å². The summed E-state index contributed by atoms with van der Waals surface area (Å²) >= 11 is 6.08. The van der Waals surface area contributed by atoms with Gasteiger partial charge in [-0.3, -0.25) is 4.79 Å². The Kier molecular flexibility index (Phi) is 5.05. The number of hydrogen-bond acceptors (Lipinski definition) is 2. The summed E-state index contributed by atoms with van der Waals surface area (Å²) in [4.78, 5) is 13.8. The molecule has 0 heterocycles. The molecule has 1 aliphatic carbocycles. The molecule has 0 amide bonds. The Hall–Kier alpha value is -1.11. The molecule has 0 aliphatic heterocycles. The molecule has 1 aromatic carbocycles. The van der Waals surface area contributed by atoms with E-state index in [1.165, 1.54) is 5.57 Å². The minimum absolute atomic E-state index is 0.0581. The normalized spacial score (nSPS) is 20.3. The van der Waals surface area contributed by atoms with Gasteiger partial charge >= 0.3 is 0 Å². The second-order valence-electron chi connectivity index (χ2n) is 9.06. The minimum atomic E-state index is -1.89. The van der Waals surface area contributed by atoms with Gasteiger partial charge in [0.05, 0.1) is 21.7 Å². The first-order chi connectivity index (χ1) is 11.3. The highest BCUT2D eigenvalue weighted by Gasteiger charge is 2.63. The van der Waals surface area contributed by atoms with E-state index in [0.29, 0.717) is 16.2 Å². The van der Waals surface area contributed by atoms with Crippen molar-refractivity contribution in [1.29, 1.82) is 0 Å². The van der Waals surface area contributed by atoms with Crippen molar-refractivity contribution in [3.8, 4) is 0 Å². The first kappa shape index (κ1) is 20.2. The predicted molar refractivity (Wildman–Crippen MR) is 114 cm³/mol. The monoisotopic (exact) mass is 392 g/mol. The molecule has 1 aromatic rings. The molecule has 136 valence electrons. The third-order valence-corrected chi connectivity index (χ3v) is 16.1. The van der Waals surface area contributed by atoms with Crippen molar-refractivity contribution in [2.45, 2.75) is 57.8 Å². The average molecular weight is 393 g/mol. The molecule has 0 spiro atoms. The molecule has 5 heteroatoms. The summed E-state index contributed by atoms with van der Waals surface area (Å²) in [6, 6.07) is 7.07. The van der Waals surface area contributed by atoms with Gasteiger partial charge in [0, 0.05) is 15.2 Å². The number of Topliss-reactive ketones (excluding diaryl/α,β-unsaturated/α-hetero) is 1. The van der Waals surface area contributed by atoms with Crippen LogP contribution in [0.5, 0.6) is 0 Å². The number of aliphatic hydroxyl groups is 1. The Morgan fingerprint density at radius 3 is 1.96 bits per heavy atom. The summed E-state index contributed by atoms with van der Waals surface area (Å²) in [6.45, 7) is 17.7. The lowest BCUT2D eigenvalue weighted by molar-refractivity contribution is -0.115. The molecule has 0 fully saturated rings. The fraction of sp³-hybridized carbons (Fsp3) is 0.450. The first-order valence-electron chi connectivity index (χ1n) is 8.69. The Morgan fingerprint density at radius 1 is 1.04 bits per heavy atom. The van der Waals surface area contributed by atoms with Crippen LogP contribution < -0.4 is 0 Å². The first-order valence-corrected chi connectivity index (χ1v) is 16.1. The molecule has 0 bridgehead atoms. The van der Waals surface area contributed by atoms with Crippen LogP contribution in [0.4, 0.5) is 0 Å². The van der Waals surface area contributed by atoms with Gasteiger partial charge in [-0.25, -0.2) is 0 Å². The summed E-state index contributed by atoms with van der Waals surface area (Å²) < 4.78 is -0.397. The standard InChI is InChI=1S/C20H29ClO2Si2/c1-13-14(2)20(24(3,4)5,25(6,7)8)19(23)17(13)18(22)15-10-9-11-16(21)12-15/h9-12,22H,1-8H3/b18-17-. The number of carbonyl (C=O) groups is 1. The zero-order valence-corrected chi connectivity index (χ0v) is 19.3. The van der Waals surface area contributed by atoms with E-state index in [1.807, 2.05) is 6.92 Å². The molecule has 25 heavy (non-hydrogen) atoms. The highest BCUT2D eigenvalue weighted by molar-refractivity contribution is 7.04. The lowest BCUT2D eigenvalue weighted by Crippen LogP contribution is -2.58. The second-order valence-corrected chi connectivity index (χ2v) is 20.5. The van der Waals surface area contributed by atoms with Crippen molar-refractivity contribution in [2.75, 3.05) is 0 Å². The number of halogens is 1. The Bertz CT molecular complexity index is 779. The molecule has 1 aliphatic rings. The topological polar surface area (TPSA) is 37.3 Å². The van der Waals surface area contributed by atoms with Gasteiger partial charge in [-0.05, 0) is 31.6 Å². The number of rotatable bonds is 3. The quantitative estimate of drug-likeness (QED) is 0.363. The van der Waals surface area contributed by atoms with E-state index in [2.05, 4.69) is 46.2 Å². The molecule has 2 rings (SSSR count). The van der Waals surface area contributed by atoms with Crippen molar-refractivity contribution in [1.82, 2.24) is 0 Å². The summed E-state index contributed by atoms with van der Waals surface area (Å²) in [6.07, 6.45) is 0. The van der Waals surface area contributed by atoms with Crippen LogP contribution in [0.3, 0.4) is 0 Å². The zero-order valence-electron chi connectivity index (χ0n) is 16.5. The van der Waals surface area contributed by atoms with Crippen LogP contribution in [0.25, 0.3) is 5.76 Å². The minimum Gasteiger partial charge on any atom is -0.507 e. The zero-order chi connectivity index (χ0) is 19.4. The number of ketones is 1. The molecule has 0 atom stereocenters. The van der Waals surface area contributed by atoms with E-state index in [4.69, 9.17) is 11.6 Å². The van der Waals surface area contributed by atoms with Gasteiger partial charge in [-0.2, -0.15) is 0 Å². The molecular weight excluding hydrogens is 364 g/mol. The van der Waals surface area contributed by atoms with Gasteiger partial charge in [0.15, 0.2) is 5.78 Å². The van der Waals surface area contributed by atoms with E-state index in [1.54, 1.807) is 24.3 Å². The maximum absolute atomic E-state index is 13.8. The molecule has 0 saturated carbocycles. The molecule has 0 unspecified atom stereocenters. The largest absolute Gasteiger partial charge is 0.507 e. The summed E-state index contributed by atoms with van der Waals surface area (Å²) in [5.41, 5.74) is 3.20. The smallest absolute Gasteiger partial charge is 0.171 e. The third-order valence-electron chi connectivity index (χ3n) is 5.65. The number of allylic oxidation sites excluding steroid dienone is 3. The lowest BCUT2D eigenvalue weighted by Gasteiger charge is -2.49. The fourth-order valence-corrected chi connectivity index (χ4v) is 18.4. The number of hydrogen-bond donors (Lipinski definition) is 1. The lowest BCUT2D eigenvalue weighted by atomic mass is 10.0. The van der Waals surface area contributed by atoms with Crippen LogP contribution in [-0.2, 0) is 4.79 Å². The number of carbonyl (C=O) groups excluding carboxylic acids is 1. The van der Waals surface area contributed by atoms with Gasteiger partial charge in [-0.15, -0.1) is 0 Å². The van der Waals surface area contributed by atoms with E-state index in [9.17, 15) is 9.90 Å². The SMILES string of the molecule is CC1=C(C)C([Si](C)(C)C)([Si](C)(C)C)C(=O)/C1=C(\O)c1cccc(Cl)c1. The van der Waals surface area contributed by atoms with Crippen molar-refractivity contribution in [3.63, 3.8) is 0 Å². The highest BCUT2D eigenvalue weighted by atomic mass is 35.5. The molecule has 2 nitrogen and oxygen atoms in total. The van der Waals surface area contributed by atoms with Crippen LogP contribution in [-0.4, -0.2) is 27.0 Å².